The lowest BCUT2D eigenvalue weighted by Crippen LogP contribution is -2.12. The lowest BCUT2D eigenvalue weighted by molar-refractivity contribution is 0.336. The van der Waals surface area contributed by atoms with Gasteiger partial charge in [-0.3, -0.25) is 0 Å². The normalized spacial score (nSPS) is 11.0. The molecule has 0 heterocycles. The number of aryl methyl sites for hydroxylation is 1. The molecule has 17 heavy (non-hydrogen) atoms. The van der Waals surface area contributed by atoms with Crippen LogP contribution in [0.3, 0.4) is 0 Å². The van der Waals surface area contributed by atoms with E-state index in [0.717, 1.165) is 18.6 Å². The van der Waals surface area contributed by atoms with E-state index < -0.39 is 0 Å². The van der Waals surface area contributed by atoms with Gasteiger partial charge in [0.25, 0.3) is 0 Å². The molecule has 1 aromatic carbocycles. The van der Waals surface area contributed by atoms with E-state index in [1.54, 1.807) is 0 Å². The SMILES string of the molecule is C#CCCc1cc(C(C)(C)C)ccc1OCC. The summed E-state index contributed by atoms with van der Waals surface area (Å²) in [5, 5.41) is 0. The molecule has 0 aromatic heterocycles. The van der Waals surface area contributed by atoms with Gasteiger partial charge in [-0.2, -0.15) is 0 Å². The Kier molecular flexibility index (Phi) is 4.63. The Morgan fingerprint density at radius 2 is 2.00 bits per heavy atom. The van der Waals surface area contributed by atoms with E-state index >= 15 is 0 Å². The molecule has 0 fully saturated rings. The minimum Gasteiger partial charge on any atom is -0.494 e. The standard InChI is InChI=1S/C16H22O/c1-6-8-9-13-12-14(16(3,4)5)10-11-15(13)17-7-2/h1,10-12H,7-9H2,2-5H3. The summed E-state index contributed by atoms with van der Waals surface area (Å²) in [6.45, 7) is 9.34. The molecule has 1 aromatic rings. The molecule has 0 amide bonds. The minimum atomic E-state index is 0.162. The van der Waals surface area contributed by atoms with Gasteiger partial charge in [0.2, 0.25) is 0 Å². The molecular formula is C16H22O. The summed E-state index contributed by atoms with van der Waals surface area (Å²) in [6, 6.07) is 6.43. The van der Waals surface area contributed by atoms with Crippen LogP contribution in [0.5, 0.6) is 5.75 Å². The van der Waals surface area contributed by atoms with Crippen molar-refractivity contribution in [1.29, 1.82) is 0 Å². The molecule has 0 aliphatic rings. The first-order chi connectivity index (χ1) is 7.99. The van der Waals surface area contributed by atoms with Crippen molar-refractivity contribution in [2.75, 3.05) is 6.61 Å². The monoisotopic (exact) mass is 230 g/mol. The molecule has 0 atom stereocenters. The Bertz CT molecular complexity index is 405. The Morgan fingerprint density at radius 1 is 1.29 bits per heavy atom. The Balaban J connectivity index is 3.06. The smallest absolute Gasteiger partial charge is 0.122 e. The Morgan fingerprint density at radius 3 is 2.53 bits per heavy atom. The Labute approximate surface area is 105 Å². The number of ether oxygens (including phenoxy) is 1. The molecule has 0 spiro atoms. The predicted molar refractivity (Wildman–Crippen MR) is 73.5 cm³/mol. The van der Waals surface area contributed by atoms with Crippen LogP contribution in [0.1, 0.15) is 45.2 Å². The van der Waals surface area contributed by atoms with Crippen molar-refractivity contribution in [2.45, 2.75) is 46.0 Å². The molecule has 0 radical (unpaired) electrons. The molecule has 0 saturated heterocycles. The van der Waals surface area contributed by atoms with Crippen molar-refractivity contribution in [1.82, 2.24) is 0 Å². The maximum atomic E-state index is 5.63. The van der Waals surface area contributed by atoms with Gasteiger partial charge >= 0.3 is 0 Å². The van der Waals surface area contributed by atoms with E-state index in [1.165, 1.54) is 11.1 Å². The Hall–Kier alpha value is -1.42. The number of hydrogen-bond acceptors (Lipinski definition) is 1. The lowest BCUT2D eigenvalue weighted by Gasteiger charge is -2.21. The van der Waals surface area contributed by atoms with Crippen LogP contribution in [0.4, 0.5) is 0 Å². The van der Waals surface area contributed by atoms with E-state index in [-0.39, 0.29) is 5.41 Å². The van der Waals surface area contributed by atoms with E-state index in [9.17, 15) is 0 Å². The highest BCUT2D eigenvalue weighted by Crippen LogP contribution is 2.28. The lowest BCUT2D eigenvalue weighted by atomic mass is 9.85. The molecular weight excluding hydrogens is 208 g/mol. The van der Waals surface area contributed by atoms with Crippen molar-refractivity contribution in [3.63, 3.8) is 0 Å². The number of rotatable bonds is 4. The van der Waals surface area contributed by atoms with Gasteiger partial charge in [-0.15, -0.1) is 12.3 Å². The van der Waals surface area contributed by atoms with Crippen molar-refractivity contribution in [3.8, 4) is 18.1 Å². The van der Waals surface area contributed by atoms with Crippen LogP contribution >= 0.6 is 0 Å². The molecule has 0 unspecified atom stereocenters. The van der Waals surface area contributed by atoms with Gasteiger partial charge in [-0.25, -0.2) is 0 Å². The second-order valence-corrected chi connectivity index (χ2v) is 5.21. The first-order valence-electron chi connectivity index (χ1n) is 6.18. The second-order valence-electron chi connectivity index (χ2n) is 5.21. The third-order valence-electron chi connectivity index (χ3n) is 2.77. The maximum absolute atomic E-state index is 5.63. The fourth-order valence-corrected chi connectivity index (χ4v) is 1.74. The van der Waals surface area contributed by atoms with Gasteiger partial charge in [-0.1, -0.05) is 32.9 Å². The molecule has 1 nitrogen and oxygen atoms in total. The first kappa shape index (κ1) is 13.6. The van der Waals surface area contributed by atoms with Crippen LogP contribution < -0.4 is 4.74 Å². The maximum Gasteiger partial charge on any atom is 0.122 e. The minimum absolute atomic E-state index is 0.162. The molecule has 1 rings (SSSR count). The highest BCUT2D eigenvalue weighted by molar-refractivity contribution is 5.40. The van der Waals surface area contributed by atoms with Gasteiger partial charge in [0, 0.05) is 6.42 Å². The van der Waals surface area contributed by atoms with Crippen LogP contribution in [-0.4, -0.2) is 6.61 Å². The summed E-state index contributed by atoms with van der Waals surface area (Å²) in [5.41, 5.74) is 2.71. The third-order valence-corrected chi connectivity index (χ3v) is 2.77. The van der Waals surface area contributed by atoms with Gasteiger partial charge in [0.1, 0.15) is 5.75 Å². The number of hydrogen-bond donors (Lipinski definition) is 0. The van der Waals surface area contributed by atoms with E-state index in [0.29, 0.717) is 6.61 Å². The predicted octanol–water partition coefficient (Wildman–Crippen LogP) is 3.95. The van der Waals surface area contributed by atoms with E-state index in [1.807, 2.05) is 6.92 Å². The van der Waals surface area contributed by atoms with Crippen molar-refractivity contribution in [3.05, 3.63) is 29.3 Å². The van der Waals surface area contributed by atoms with Crippen LogP contribution in [0.25, 0.3) is 0 Å². The van der Waals surface area contributed by atoms with Gasteiger partial charge in [-0.05, 0) is 36.0 Å². The quantitative estimate of drug-likeness (QED) is 0.712. The molecule has 0 N–H and O–H groups in total. The van der Waals surface area contributed by atoms with Crippen LogP contribution in [0.2, 0.25) is 0 Å². The average molecular weight is 230 g/mol. The molecule has 0 bridgehead atoms. The van der Waals surface area contributed by atoms with Crippen molar-refractivity contribution < 1.29 is 4.74 Å². The molecule has 92 valence electrons. The first-order valence-corrected chi connectivity index (χ1v) is 6.18. The zero-order chi connectivity index (χ0) is 12.9. The molecule has 1 heteroatoms. The van der Waals surface area contributed by atoms with Crippen LogP contribution in [0, 0.1) is 12.3 Å². The van der Waals surface area contributed by atoms with Gasteiger partial charge in [0.05, 0.1) is 6.61 Å². The molecule has 0 aliphatic carbocycles. The fourth-order valence-electron chi connectivity index (χ4n) is 1.74. The number of terminal acetylenes is 1. The molecule has 0 saturated carbocycles. The van der Waals surface area contributed by atoms with Crippen molar-refractivity contribution in [2.24, 2.45) is 0 Å². The number of benzene rings is 1. The summed E-state index contributed by atoms with van der Waals surface area (Å²) in [7, 11) is 0. The molecule has 0 aliphatic heterocycles. The highest BCUT2D eigenvalue weighted by atomic mass is 16.5. The fraction of sp³-hybridized carbons (Fsp3) is 0.500. The zero-order valence-electron chi connectivity index (χ0n) is 11.3. The van der Waals surface area contributed by atoms with Crippen LogP contribution in [0.15, 0.2) is 18.2 Å². The largest absolute Gasteiger partial charge is 0.494 e. The van der Waals surface area contributed by atoms with Crippen molar-refractivity contribution >= 4 is 0 Å². The average Bonchev–Trinajstić information content (AvgIpc) is 2.26. The van der Waals surface area contributed by atoms with Gasteiger partial charge in [0.15, 0.2) is 0 Å². The van der Waals surface area contributed by atoms with E-state index in [4.69, 9.17) is 11.2 Å². The zero-order valence-corrected chi connectivity index (χ0v) is 11.3. The summed E-state index contributed by atoms with van der Waals surface area (Å²) >= 11 is 0. The second kappa shape index (κ2) is 5.77. The summed E-state index contributed by atoms with van der Waals surface area (Å²) < 4.78 is 5.63. The summed E-state index contributed by atoms with van der Waals surface area (Å²) in [5.74, 6) is 3.66. The topological polar surface area (TPSA) is 9.23 Å². The third kappa shape index (κ3) is 3.82. The van der Waals surface area contributed by atoms with Gasteiger partial charge < -0.3 is 4.74 Å². The van der Waals surface area contributed by atoms with Crippen LogP contribution in [-0.2, 0) is 11.8 Å². The summed E-state index contributed by atoms with van der Waals surface area (Å²) in [4.78, 5) is 0. The van der Waals surface area contributed by atoms with E-state index in [2.05, 4.69) is 44.9 Å². The summed E-state index contributed by atoms with van der Waals surface area (Å²) in [6.07, 6.45) is 6.98. The highest BCUT2D eigenvalue weighted by Gasteiger charge is 2.15.